The summed E-state index contributed by atoms with van der Waals surface area (Å²) in [4.78, 5) is 0. The van der Waals surface area contributed by atoms with E-state index in [1.165, 1.54) is 0 Å². The third-order valence-electron chi connectivity index (χ3n) is 7.22. The van der Waals surface area contributed by atoms with Gasteiger partial charge in [-0.15, -0.1) is 0 Å². The first-order valence-corrected chi connectivity index (χ1v) is 14.9. The molecule has 0 atom stereocenters. The van der Waals surface area contributed by atoms with Gasteiger partial charge < -0.3 is 30.4 Å². The Kier molecular flexibility index (Phi) is 11.1. The van der Waals surface area contributed by atoms with Crippen LogP contribution in [0.3, 0.4) is 0 Å². The fourth-order valence-electron chi connectivity index (χ4n) is 4.72. The van der Waals surface area contributed by atoms with Crippen molar-refractivity contribution in [3.05, 3.63) is 166 Å². The Morgan fingerprint density at radius 3 is 1.09 bits per heavy atom. The number of benzene rings is 5. The third kappa shape index (κ3) is 9.79. The van der Waals surface area contributed by atoms with Crippen LogP contribution in [0, 0.1) is 10.8 Å². The van der Waals surface area contributed by atoms with E-state index in [0.717, 1.165) is 44.9 Å². The van der Waals surface area contributed by atoms with Gasteiger partial charge in [0.05, 0.1) is 26.4 Å². The molecule has 5 aromatic carbocycles. The van der Waals surface area contributed by atoms with Crippen LogP contribution in [0.25, 0.3) is 0 Å². The predicted octanol–water partition coefficient (Wildman–Crippen LogP) is 6.85. The number of hydrogen-bond acceptors (Lipinski definition) is 6. The number of hydrogen-bond donors (Lipinski definition) is 4. The summed E-state index contributed by atoms with van der Waals surface area (Å²) < 4.78 is 23.7. The highest BCUT2D eigenvalue weighted by Crippen LogP contribution is 2.17. The summed E-state index contributed by atoms with van der Waals surface area (Å²) >= 11 is 0. The zero-order valence-electron chi connectivity index (χ0n) is 25.6. The minimum absolute atomic E-state index is 0.0394. The van der Waals surface area contributed by atoms with Gasteiger partial charge in [0.25, 0.3) is 0 Å². The number of ether oxygens (including phenoxy) is 4. The van der Waals surface area contributed by atoms with Gasteiger partial charge in [0, 0.05) is 11.1 Å². The van der Waals surface area contributed by atoms with Crippen LogP contribution in [0.4, 0.5) is 0 Å². The van der Waals surface area contributed by atoms with Gasteiger partial charge in [-0.1, -0.05) is 72.8 Å². The summed E-state index contributed by atoms with van der Waals surface area (Å²) in [6.45, 7) is 2.91. The molecule has 0 aliphatic rings. The number of rotatable bonds is 16. The van der Waals surface area contributed by atoms with E-state index in [0.29, 0.717) is 50.8 Å². The fraction of sp³-hybridized carbons (Fsp3) is 0.158. The molecule has 0 amide bonds. The molecule has 5 rings (SSSR count). The number of amidine groups is 2. The predicted molar refractivity (Wildman–Crippen MR) is 180 cm³/mol. The van der Waals surface area contributed by atoms with E-state index in [4.69, 9.17) is 41.2 Å². The first kappa shape index (κ1) is 32.0. The van der Waals surface area contributed by atoms with Crippen molar-refractivity contribution in [1.82, 2.24) is 0 Å². The van der Waals surface area contributed by atoms with Crippen LogP contribution in [0.15, 0.2) is 121 Å². The molecule has 0 radical (unpaired) electrons. The molecule has 0 fully saturated rings. The summed E-state index contributed by atoms with van der Waals surface area (Å²) in [5, 5.41) is 15.0. The Labute approximate surface area is 269 Å². The van der Waals surface area contributed by atoms with Gasteiger partial charge in [-0.05, 0) is 81.9 Å². The van der Waals surface area contributed by atoms with Crippen LogP contribution in [-0.4, -0.2) is 11.7 Å². The first-order chi connectivity index (χ1) is 22.4. The van der Waals surface area contributed by atoms with Gasteiger partial charge in [-0.3, -0.25) is 10.8 Å². The van der Waals surface area contributed by atoms with E-state index < -0.39 is 0 Å². The molecule has 0 saturated carbocycles. The van der Waals surface area contributed by atoms with Gasteiger partial charge in [0.1, 0.15) is 36.4 Å². The molecule has 0 aromatic heterocycles. The lowest BCUT2D eigenvalue weighted by atomic mass is 10.1. The molecule has 5 aromatic rings. The van der Waals surface area contributed by atoms with Gasteiger partial charge in [-0.25, -0.2) is 0 Å². The van der Waals surface area contributed by atoms with Crippen LogP contribution >= 0.6 is 0 Å². The lowest BCUT2D eigenvalue weighted by molar-refractivity contribution is 0.105. The molecule has 234 valence electrons. The van der Waals surface area contributed by atoms with Crippen molar-refractivity contribution in [3.63, 3.8) is 0 Å². The molecular weight excluding hydrogens is 576 g/mol. The average molecular weight is 615 g/mol. The molecule has 8 nitrogen and oxygen atoms in total. The summed E-state index contributed by atoms with van der Waals surface area (Å²) in [7, 11) is 0. The Balaban J connectivity index is 1.01. The molecule has 0 bridgehead atoms. The molecule has 46 heavy (non-hydrogen) atoms. The summed E-state index contributed by atoms with van der Waals surface area (Å²) in [5.74, 6) is 1.54. The lowest BCUT2D eigenvalue weighted by Gasteiger charge is -2.10. The normalized spacial score (nSPS) is 10.8. The maximum Gasteiger partial charge on any atom is 0.122 e. The van der Waals surface area contributed by atoms with Gasteiger partial charge in [-0.2, -0.15) is 0 Å². The molecule has 0 heterocycles. The summed E-state index contributed by atoms with van der Waals surface area (Å²) in [6.07, 6.45) is 0. The molecule has 0 saturated heterocycles. The van der Waals surface area contributed by atoms with E-state index in [1.54, 1.807) is 24.3 Å². The van der Waals surface area contributed by atoms with Gasteiger partial charge >= 0.3 is 0 Å². The molecule has 0 spiro atoms. The number of nitrogens with two attached hydrogens (primary N) is 2. The second kappa shape index (κ2) is 16.0. The van der Waals surface area contributed by atoms with Crippen LogP contribution in [0.1, 0.15) is 44.5 Å². The molecule has 6 N–H and O–H groups in total. The summed E-state index contributed by atoms with van der Waals surface area (Å²) in [6, 6.07) is 39.0. The minimum Gasteiger partial charge on any atom is -0.489 e. The fourth-order valence-corrected chi connectivity index (χ4v) is 4.72. The number of nitrogens with one attached hydrogen (secondary N) is 2. The van der Waals surface area contributed by atoms with Crippen LogP contribution < -0.4 is 20.9 Å². The second-order valence-corrected chi connectivity index (χ2v) is 10.9. The van der Waals surface area contributed by atoms with Gasteiger partial charge in [0.2, 0.25) is 0 Å². The second-order valence-electron chi connectivity index (χ2n) is 10.9. The molecular formula is C38H38N4O4. The highest BCUT2D eigenvalue weighted by Gasteiger charge is 2.04. The minimum atomic E-state index is 0.0394. The van der Waals surface area contributed by atoms with Crippen molar-refractivity contribution in [1.29, 1.82) is 10.8 Å². The zero-order chi connectivity index (χ0) is 32.1. The highest BCUT2D eigenvalue weighted by atomic mass is 16.5. The van der Waals surface area contributed by atoms with E-state index in [9.17, 15) is 0 Å². The Hall–Kier alpha value is -5.44. The monoisotopic (exact) mass is 614 g/mol. The van der Waals surface area contributed by atoms with Crippen molar-refractivity contribution in [2.75, 3.05) is 0 Å². The number of nitrogen functional groups attached to an aromatic ring is 2. The highest BCUT2D eigenvalue weighted by molar-refractivity contribution is 5.95. The standard InChI is InChI=1S/C38H38N4O4/c39-37(40)33-11-15-35(16-12-33)45-25-31-5-1-3-29(19-31)23-43-21-27-7-9-28(10-8-27)22-44-24-30-4-2-6-32(20-30)26-46-36-17-13-34(14-18-36)38(41)42/h1-20H,21-26H2,(H3,39,40)(H3,41,42). The molecule has 0 unspecified atom stereocenters. The van der Waals surface area contributed by atoms with Crippen molar-refractivity contribution in [3.8, 4) is 11.5 Å². The smallest absolute Gasteiger partial charge is 0.122 e. The third-order valence-corrected chi connectivity index (χ3v) is 7.22. The van der Waals surface area contributed by atoms with Crippen molar-refractivity contribution >= 4 is 11.7 Å². The first-order valence-electron chi connectivity index (χ1n) is 14.9. The van der Waals surface area contributed by atoms with E-state index in [1.807, 2.05) is 60.7 Å². The Bertz CT molecular complexity index is 1610. The Morgan fingerprint density at radius 2 is 0.739 bits per heavy atom. The topological polar surface area (TPSA) is 137 Å². The van der Waals surface area contributed by atoms with Crippen LogP contribution in [-0.2, 0) is 49.1 Å². The summed E-state index contributed by atoms with van der Waals surface area (Å²) in [5.41, 5.74) is 18.8. The van der Waals surface area contributed by atoms with Gasteiger partial charge in [0.15, 0.2) is 0 Å². The Morgan fingerprint density at radius 1 is 0.413 bits per heavy atom. The van der Waals surface area contributed by atoms with Crippen LogP contribution in [0.5, 0.6) is 11.5 Å². The van der Waals surface area contributed by atoms with E-state index >= 15 is 0 Å². The molecule has 8 heteroatoms. The average Bonchev–Trinajstić information content (AvgIpc) is 3.08. The lowest BCUT2D eigenvalue weighted by Crippen LogP contribution is -2.10. The quantitative estimate of drug-likeness (QED) is 0.0709. The maximum atomic E-state index is 7.49. The zero-order valence-corrected chi connectivity index (χ0v) is 25.6. The molecule has 0 aliphatic heterocycles. The SMILES string of the molecule is N=C(N)c1ccc(OCc2cccc(COCc3ccc(COCc4cccc(COc5ccc(C(=N)N)cc5)c4)cc3)c2)cc1. The van der Waals surface area contributed by atoms with Crippen LogP contribution in [0.2, 0.25) is 0 Å². The largest absolute Gasteiger partial charge is 0.489 e. The molecule has 0 aliphatic carbocycles. The van der Waals surface area contributed by atoms with E-state index in [-0.39, 0.29) is 11.7 Å². The van der Waals surface area contributed by atoms with Crippen molar-refractivity contribution < 1.29 is 18.9 Å². The maximum absolute atomic E-state index is 7.49. The van der Waals surface area contributed by atoms with Crippen molar-refractivity contribution in [2.24, 2.45) is 11.5 Å². The van der Waals surface area contributed by atoms with Crippen molar-refractivity contribution in [2.45, 2.75) is 39.6 Å². The van der Waals surface area contributed by atoms with E-state index in [2.05, 4.69) is 36.4 Å².